The van der Waals surface area contributed by atoms with Crippen LogP contribution in [-0.2, 0) is 10.0 Å². The van der Waals surface area contributed by atoms with Gasteiger partial charge in [0.1, 0.15) is 5.69 Å². The summed E-state index contributed by atoms with van der Waals surface area (Å²) in [5, 5.41) is 13.8. The van der Waals surface area contributed by atoms with Crippen LogP contribution in [0.25, 0.3) is 0 Å². The van der Waals surface area contributed by atoms with Crippen LogP contribution in [0, 0.1) is 10.1 Å². The van der Waals surface area contributed by atoms with Crippen molar-refractivity contribution >= 4 is 32.7 Å². The quantitative estimate of drug-likeness (QED) is 0.534. The maximum atomic E-state index is 12.9. The van der Waals surface area contributed by atoms with Crippen LogP contribution in [0.3, 0.4) is 0 Å². The minimum Gasteiger partial charge on any atom is -0.358 e. The van der Waals surface area contributed by atoms with Gasteiger partial charge in [-0.1, -0.05) is 12.5 Å². The summed E-state index contributed by atoms with van der Waals surface area (Å²) in [5.41, 5.74) is 0.361. The van der Waals surface area contributed by atoms with Crippen molar-refractivity contribution in [3.05, 3.63) is 50.7 Å². The molecule has 9 heteroatoms. The van der Waals surface area contributed by atoms with Crippen molar-refractivity contribution in [1.82, 2.24) is 4.31 Å². The zero-order valence-electron chi connectivity index (χ0n) is 15.5. The number of hydrogen-bond acceptors (Lipinski definition) is 6. The van der Waals surface area contributed by atoms with Crippen LogP contribution in [0.5, 0.6) is 0 Å². The third kappa shape index (κ3) is 3.54. The average molecular weight is 422 g/mol. The second kappa shape index (κ2) is 7.81. The topological polar surface area (TPSA) is 83.8 Å². The smallest absolute Gasteiger partial charge is 0.293 e. The molecule has 2 saturated heterocycles. The van der Waals surface area contributed by atoms with E-state index in [-0.39, 0.29) is 16.6 Å². The van der Waals surface area contributed by atoms with Crippen LogP contribution >= 0.6 is 11.3 Å². The lowest BCUT2D eigenvalue weighted by Gasteiger charge is -2.27. The number of nitro benzene ring substituents is 1. The van der Waals surface area contributed by atoms with Gasteiger partial charge in [0, 0.05) is 30.6 Å². The molecule has 0 aliphatic carbocycles. The molecule has 4 rings (SSSR count). The van der Waals surface area contributed by atoms with E-state index in [2.05, 4.69) is 6.07 Å². The second-order valence-corrected chi connectivity index (χ2v) is 10.2. The molecule has 2 aromatic rings. The fourth-order valence-corrected chi connectivity index (χ4v) is 6.55. The highest BCUT2D eigenvalue weighted by molar-refractivity contribution is 7.89. The Morgan fingerprint density at radius 2 is 1.86 bits per heavy atom. The molecule has 2 aliphatic heterocycles. The SMILES string of the molecule is O=[N+]([O-])c1cc(S(=O)(=O)N2CCCCC2)ccc1N1CCC[C@@H]1c1cccs1. The number of anilines is 1. The Kier molecular flexibility index (Phi) is 5.39. The summed E-state index contributed by atoms with van der Waals surface area (Å²) < 4.78 is 27.3. The van der Waals surface area contributed by atoms with Crippen molar-refractivity contribution < 1.29 is 13.3 Å². The van der Waals surface area contributed by atoms with Gasteiger partial charge in [0.2, 0.25) is 10.0 Å². The molecule has 0 N–H and O–H groups in total. The van der Waals surface area contributed by atoms with Gasteiger partial charge in [-0.05, 0) is 49.3 Å². The van der Waals surface area contributed by atoms with E-state index < -0.39 is 14.9 Å². The van der Waals surface area contributed by atoms with E-state index in [1.165, 1.54) is 21.3 Å². The summed E-state index contributed by atoms with van der Waals surface area (Å²) >= 11 is 1.64. The summed E-state index contributed by atoms with van der Waals surface area (Å²) in [4.78, 5) is 14.6. The molecule has 1 aromatic heterocycles. The lowest BCUT2D eigenvalue weighted by atomic mass is 10.1. The highest BCUT2D eigenvalue weighted by Crippen LogP contribution is 2.42. The van der Waals surface area contributed by atoms with Crippen molar-refractivity contribution in [3.63, 3.8) is 0 Å². The van der Waals surface area contributed by atoms with Crippen molar-refractivity contribution in [2.75, 3.05) is 24.5 Å². The Morgan fingerprint density at radius 3 is 2.54 bits per heavy atom. The largest absolute Gasteiger partial charge is 0.358 e. The average Bonchev–Trinajstić information content (AvgIpc) is 3.39. The van der Waals surface area contributed by atoms with Crippen molar-refractivity contribution in [2.24, 2.45) is 0 Å². The molecule has 7 nitrogen and oxygen atoms in total. The Bertz CT molecular complexity index is 954. The number of piperidine rings is 1. The minimum absolute atomic E-state index is 0.0109. The van der Waals surface area contributed by atoms with Gasteiger partial charge in [0.25, 0.3) is 5.69 Å². The standard InChI is InChI=1S/C19H23N3O4S2/c23-22(24)18-14-15(28(25,26)20-10-2-1-3-11-20)8-9-16(18)21-12-4-6-17(21)19-7-5-13-27-19/h5,7-9,13-14,17H,1-4,6,10-12H2/t17-/m1/s1. The molecule has 150 valence electrons. The molecule has 0 unspecified atom stereocenters. The molecule has 3 heterocycles. The van der Waals surface area contributed by atoms with Crippen LogP contribution in [0.2, 0.25) is 0 Å². The number of thiophene rings is 1. The molecular formula is C19H23N3O4S2. The van der Waals surface area contributed by atoms with Gasteiger partial charge in [-0.3, -0.25) is 10.1 Å². The fraction of sp³-hybridized carbons (Fsp3) is 0.474. The first-order valence-electron chi connectivity index (χ1n) is 9.57. The minimum atomic E-state index is -3.70. The van der Waals surface area contributed by atoms with E-state index in [9.17, 15) is 18.5 Å². The summed E-state index contributed by atoms with van der Waals surface area (Å²) in [7, 11) is -3.70. The van der Waals surface area contributed by atoms with Crippen molar-refractivity contribution in [1.29, 1.82) is 0 Å². The van der Waals surface area contributed by atoms with Gasteiger partial charge in [0.05, 0.1) is 15.9 Å². The predicted octanol–water partition coefficient (Wildman–Crippen LogP) is 4.17. The zero-order chi connectivity index (χ0) is 19.7. The van der Waals surface area contributed by atoms with Crippen molar-refractivity contribution in [2.45, 2.75) is 43.0 Å². The Morgan fingerprint density at radius 1 is 1.07 bits per heavy atom. The first kappa shape index (κ1) is 19.4. The maximum absolute atomic E-state index is 12.9. The summed E-state index contributed by atoms with van der Waals surface area (Å²) in [6, 6.07) is 8.51. The number of nitro groups is 1. The molecule has 28 heavy (non-hydrogen) atoms. The molecule has 0 radical (unpaired) electrons. The zero-order valence-corrected chi connectivity index (χ0v) is 17.1. The van der Waals surface area contributed by atoms with Gasteiger partial charge in [0.15, 0.2) is 0 Å². The Hall–Kier alpha value is -1.97. The number of rotatable bonds is 5. The van der Waals surface area contributed by atoms with Gasteiger partial charge < -0.3 is 4.90 Å². The highest BCUT2D eigenvalue weighted by Gasteiger charge is 2.34. The lowest BCUT2D eigenvalue weighted by molar-refractivity contribution is -0.384. The molecule has 0 spiro atoms. The molecule has 1 atom stereocenters. The highest BCUT2D eigenvalue weighted by atomic mass is 32.2. The van der Waals surface area contributed by atoms with Crippen LogP contribution in [-0.4, -0.2) is 37.3 Å². The molecule has 2 fully saturated rings. The molecule has 0 amide bonds. The number of benzene rings is 1. The van der Waals surface area contributed by atoms with E-state index in [0.29, 0.717) is 18.8 Å². The molecule has 0 bridgehead atoms. The summed E-state index contributed by atoms with van der Waals surface area (Å²) in [6.07, 6.45) is 4.56. The first-order valence-corrected chi connectivity index (χ1v) is 11.9. The molecule has 0 saturated carbocycles. The molecule has 1 aromatic carbocycles. The maximum Gasteiger partial charge on any atom is 0.293 e. The third-order valence-electron chi connectivity index (χ3n) is 5.53. The molecule has 2 aliphatic rings. The van der Waals surface area contributed by atoms with Crippen LogP contribution in [0.1, 0.15) is 43.0 Å². The summed E-state index contributed by atoms with van der Waals surface area (Å²) in [6.45, 7) is 1.68. The second-order valence-electron chi connectivity index (χ2n) is 7.24. The van der Waals surface area contributed by atoms with Gasteiger partial charge in [-0.2, -0.15) is 4.31 Å². The normalized spacial score (nSPS) is 21.1. The predicted molar refractivity (Wildman–Crippen MR) is 109 cm³/mol. The van der Waals surface area contributed by atoms with E-state index in [1.807, 2.05) is 16.3 Å². The van der Waals surface area contributed by atoms with Crippen LogP contribution in [0.15, 0.2) is 40.6 Å². The Labute approximate surface area is 168 Å². The first-order chi connectivity index (χ1) is 13.5. The summed E-state index contributed by atoms with van der Waals surface area (Å²) in [5.74, 6) is 0. The van der Waals surface area contributed by atoms with Crippen LogP contribution < -0.4 is 4.90 Å². The van der Waals surface area contributed by atoms with E-state index in [0.717, 1.165) is 38.6 Å². The van der Waals surface area contributed by atoms with E-state index in [1.54, 1.807) is 17.4 Å². The number of hydrogen-bond donors (Lipinski definition) is 0. The van der Waals surface area contributed by atoms with Gasteiger partial charge >= 0.3 is 0 Å². The fourth-order valence-electron chi connectivity index (χ4n) is 4.14. The van der Waals surface area contributed by atoms with Crippen molar-refractivity contribution in [3.8, 4) is 0 Å². The monoisotopic (exact) mass is 421 g/mol. The van der Waals surface area contributed by atoms with Gasteiger partial charge in [-0.15, -0.1) is 11.3 Å². The third-order valence-corrected chi connectivity index (χ3v) is 8.40. The lowest BCUT2D eigenvalue weighted by Crippen LogP contribution is -2.35. The van der Waals surface area contributed by atoms with Crippen LogP contribution in [0.4, 0.5) is 11.4 Å². The van der Waals surface area contributed by atoms with Gasteiger partial charge in [-0.25, -0.2) is 8.42 Å². The number of nitrogens with zero attached hydrogens (tertiary/aromatic N) is 3. The Balaban J connectivity index is 1.71. The van der Waals surface area contributed by atoms with E-state index in [4.69, 9.17) is 0 Å². The van der Waals surface area contributed by atoms with E-state index >= 15 is 0 Å². The number of sulfonamides is 1. The molecular weight excluding hydrogens is 398 g/mol.